The molecule has 0 saturated heterocycles. The maximum Gasteiger partial charge on any atom is 0.314 e. The lowest BCUT2D eigenvalue weighted by atomic mass is 9.98. The van der Waals surface area contributed by atoms with Gasteiger partial charge in [0.15, 0.2) is 0 Å². The Bertz CT molecular complexity index is 958. The highest BCUT2D eigenvalue weighted by molar-refractivity contribution is 7.89. The first-order valence-corrected chi connectivity index (χ1v) is 7.84. The summed E-state index contributed by atoms with van der Waals surface area (Å²) in [6, 6.07) is 1.31. The van der Waals surface area contributed by atoms with Crippen LogP contribution in [0.3, 0.4) is 0 Å². The average Bonchev–Trinajstić information content (AvgIpc) is 2.38. The van der Waals surface area contributed by atoms with Gasteiger partial charge in [-0.25, -0.2) is 13.6 Å². The number of nitrogens with zero attached hydrogens (tertiary/aromatic N) is 1. The lowest BCUT2D eigenvalue weighted by Crippen LogP contribution is -2.33. The first-order chi connectivity index (χ1) is 9.77. The second-order valence-electron chi connectivity index (χ2n) is 5.20. The van der Waals surface area contributed by atoms with Crippen molar-refractivity contribution in [3.63, 3.8) is 0 Å². The van der Waals surface area contributed by atoms with Gasteiger partial charge in [0.05, 0.1) is 15.9 Å². The molecule has 0 unspecified atom stereocenters. The van der Waals surface area contributed by atoms with Crippen LogP contribution in [-0.2, 0) is 23.0 Å². The highest BCUT2D eigenvalue weighted by atomic mass is 32.2. The third kappa shape index (κ3) is 2.28. The normalized spacial score (nSPS) is 16.1. The van der Waals surface area contributed by atoms with Crippen LogP contribution in [0.1, 0.15) is 11.1 Å². The predicted octanol–water partition coefficient (Wildman–Crippen LogP) is -1.15. The van der Waals surface area contributed by atoms with Crippen molar-refractivity contribution in [3.8, 4) is 0 Å². The summed E-state index contributed by atoms with van der Waals surface area (Å²) in [6.45, 7) is 1.13. The van der Waals surface area contributed by atoms with Gasteiger partial charge >= 0.3 is 11.1 Å². The van der Waals surface area contributed by atoms with Gasteiger partial charge in [0, 0.05) is 13.1 Å². The molecule has 3 rings (SSSR count). The van der Waals surface area contributed by atoms with E-state index in [0.717, 1.165) is 6.54 Å². The highest BCUT2D eigenvalue weighted by Crippen LogP contribution is 2.29. The monoisotopic (exact) mass is 310 g/mol. The first-order valence-electron chi connectivity index (χ1n) is 6.30. The molecular formula is C12H14N4O4S. The zero-order valence-electron chi connectivity index (χ0n) is 11.3. The van der Waals surface area contributed by atoms with Crippen LogP contribution in [0, 0.1) is 0 Å². The molecule has 1 aromatic carbocycles. The molecule has 0 spiro atoms. The van der Waals surface area contributed by atoms with E-state index in [0.29, 0.717) is 29.6 Å². The number of fused-ring (bicyclic) bond motifs is 3. The van der Waals surface area contributed by atoms with Gasteiger partial charge in [-0.3, -0.25) is 9.59 Å². The molecule has 2 aromatic rings. The molecule has 0 radical (unpaired) electrons. The smallest absolute Gasteiger partial charge is 0.314 e. The molecule has 0 bridgehead atoms. The molecule has 0 aliphatic carbocycles. The number of sulfonamides is 1. The van der Waals surface area contributed by atoms with Crippen LogP contribution in [0.25, 0.3) is 11.0 Å². The summed E-state index contributed by atoms with van der Waals surface area (Å²) in [5.74, 6) is 0. The number of nitrogens with one attached hydrogen (secondary N) is 2. The van der Waals surface area contributed by atoms with Gasteiger partial charge in [0.25, 0.3) is 0 Å². The van der Waals surface area contributed by atoms with Gasteiger partial charge in [-0.15, -0.1) is 0 Å². The number of nitrogens with two attached hydrogens (primary N) is 1. The standard InChI is InChI=1S/C12H14N4O4S/c1-16-3-2-6-7(5-16)9(21(13,19)20)4-8-10(6)15-12(18)11(17)14-8/h4H,2-3,5H2,1H3,(H,14,17)(H,15,18)(H2,13,19,20). The molecule has 0 fully saturated rings. The molecule has 1 aliphatic heterocycles. The van der Waals surface area contributed by atoms with Crippen molar-refractivity contribution in [1.29, 1.82) is 0 Å². The quantitative estimate of drug-likeness (QED) is 0.573. The summed E-state index contributed by atoms with van der Waals surface area (Å²) in [7, 11) is -2.05. The Hall–Kier alpha value is -1.97. The molecular weight excluding hydrogens is 296 g/mol. The number of H-pyrrole nitrogens is 2. The summed E-state index contributed by atoms with van der Waals surface area (Å²) in [4.78, 5) is 29.8. The Morgan fingerprint density at radius 2 is 1.86 bits per heavy atom. The Labute approximate surface area is 119 Å². The number of benzene rings is 1. The Balaban J connectivity index is 2.49. The molecule has 1 aromatic heterocycles. The van der Waals surface area contributed by atoms with Crippen molar-refractivity contribution < 1.29 is 8.42 Å². The second-order valence-corrected chi connectivity index (χ2v) is 6.73. The molecule has 4 N–H and O–H groups in total. The summed E-state index contributed by atoms with van der Waals surface area (Å²) in [6.07, 6.45) is 0.563. The predicted molar refractivity (Wildman–Crippen MR) is 76.6 cm³/mol. The minimum atomic E-state index is -3.92. The summed E-state index contributed by atoms with van der Waals surface area (Å²) >= 11 is 0. The molecule has 21 heavy (non-hydrogen) atoms. The summed E-state index contributed by atoms with van der Waals surface area (Å²) in [5.41, 5.74) is 0.439. The van der Waals surface area contributed by atoms with E-state index in [1.807, 2.05) is 11.9 Å². The van der Waals surface area contributed by atoms with E-state index < -0.39 is 21.1 Å². The molecule has 9 heteroatoms. The van der Waals surface area contributed by atoms with E-state index in [1.165, 1.54) is 6.07 Å². The van der Waals surface area contributed by atoms with E-state index >= 15 is 0 Å². The van der Waals surface area contributed by atoms with E-state index in [-0.39, 0.29) is 10.4 Å². The van der Waals surface area contributed by atoms with Gasteiger partial charge in [0.1, 0.15) is 0 Å². The number of likely N-dealkylation sites (N-methyl/N-ethyl adjacent to an activating group) is 1. The van der Waals surface area contributed by atoms with Crippen molar-refractivity contribution in [3.05, 3.63) is 37.9 Å². The Morgan fingerprint density at radius 3 is 2.52 bits per heavy atom. The van der Waals surface area contributed by atoms with Crippen molar-refractivity contribution in [2.75, 3.05) is 13.6 Å². The minimum absolute atomic E-state index is 0.0146. The van der Waals surface area contributed by atoms with E-state index in [9.17, 15) is 18.0 Å². The van der Waals surface area contributed by atoms with Gasteiger partial charge < -0.3 is 14.9 Å². The molecule has 8 nitrogen and oxygen atoms in total. The van der Waals surface area contributed by atoms with Crippen LogP contribution in [0.5, 0.6) is 0 Å². The van der Waals surface area contributed by atoms with Crippen LogP contribution in [0.4, 0.5) is 0 Å². The summed E-state index contributed by atoms with van der Waals surface area (Å²) in [5, 5.41) is 5.28. The van der Waals surface area contributed by atoms with Crippen LogP contribution < -0.4 is 16.3 Å². The van der Waals surface area contributed by atoms with E-state index in [4.69, 9.17) is 5.14 Å². The number of aromatic nitrogens is 2. The lowest BCUT2D eigenvalue weighted by Gasteiger charge is -2.27. The number of hydrogen-bond acceptors (Lipinski definition) is 5. The number of primary sulfonamides is 1. The fourth-order valence-electron chi connectivity index (χ4n) is 2.70. The number of rotatable bonds is 1. The number of hydrogen-bond donors (Lipinski definition) is 3. The summed E-state index contributed by atoms with van der Waals surface area (Å²) < 4.78 is 23.6. The lowest BCUT2D eigenvalue weighted by molar-refractivity contribution is 0.310. The van der Waals surface area contributed by atoms with Gasteiger partial charge in [0.2, 0.25) is 10.0 Å². The molecule has 0 saturated carbocycles. The van der Waals surface area contributed by atoms with Gasteiger partial charge in [-0.05, 0) is 30.7 Å². The number of aromatic amines is 2. The molecule has 1 aliphatic rings. The largest absolute Gasteiger partial charge is 0.316 e. The molecule has 0 atom stereocenters. The zero-order valence-corrected chi connectivity index (χ0v) is 12.1. The van der Waals surface area contributed by atoms with Gasteiger partial charge in [-0.2, -0.15) is 0 Å². The molecule has 112 valence electrons. The SMILES string of the molecule is CN1CCc2c(c(S(N)(=O)=O)cc3[nH]c(=O)c(=O)[nH]c23)C1. The van der Waals surface area contributed by atoms with Crippen LogP contribution >= 0.6 is 0 Å². The second kappa shape index (κ2) is 4.52. The average molecular weight is 310 g/mol. The van der Waals surface area contributed by atoms with E-state index in [2.05, 4.69) is 9.97 Å². The minimum Gasteiger partial charge on any atom is -0.316 e. The molecule has 2 heterocycles. The van der Waals surface area contributed by atoms with E-state index in [1.54, 1.807) is 0 Å². The van der Waals surface area contributed by atoms with Gasteiger partial charge in [-0.1, -0.05) is 0 Å². The maximum absolute atomic E-state index is 11.8. The maximum atomic E-state index is 11.8. The first kappa shape index (κ1) is 14.0. The van der Waals surface area contributed by atoms with Crippen molar-refractivity contribution in [2.24, 2.45) is 5.14 Å². The Morgan fingerprint density at radius 1 is 1.19 bits per heavy atom. The van der Waals surface area contributed by atoms with Crippen LogP contribution in [0.2, 0.25) is 0 Å². The Kier molecular flexibility index (Phi) is 3.01. The fraction of sp³-hybridized carbons (Fsp3) is 0.333. The third-order valence-electron chi connectivity index (χ3n) is 3.68. The third-order valence-corrected chi connectivity index (χ3v) is 4.66. The topological polar surface area (TPSA) is 129 Å². The van der Waals surface area contributed by atoms with Crippen molar-refractivity contribution in [2.45, 2.75) is 17.9 Å². The van der Waals surface area contributed by atoms with Crippen molar-refractivity contribution in [1.82, 2.24) is 14.9 Å². The highest BCUT2D eigenvalue weighted by Gasteiger charge is 2.25. The zero-order chi connectivity index (χ0) is 15.4. The van der Waals surface area contributed by atoms with Crippen molar-refractivity contribution >= 4 is 21.1 Å². The van der Waals surface area contributed by atoms with Crippen LogP contribution in [-0.4, -0.2) is 36.9 Å². The fourth-order valence-corrected chi connectivity index (χ4v) is 3.51. The molecule has 0 amide bonds. The van der Waals surface area contributed by atoms with Crippen LogP contribution in [0.15, 0.2) is 20.6 Å².